The van der Waals surface area contributed by atoms with Gasteiger partial charge in [-0.1, -0.05) is 0 Å². The van der Waals surface area contributed by atoms with Gasteiger partial charge in [0.2, 0.25) is 0 Å². The second kappa shape index (κ2) is 10.7. The number of rotatable bonds is 10. The molecule has 0 aliphatic carbocycles. The zero-order valence-corrected chi connectivity index (χ0v) is 16.4. The van der Waals surface area contributed by atoms with Crippen molar-refractivity contribution in [3.63, 3.8) is 0 Å². The van der Waals surface area contributed by atoms with Crippen LogP contribution in [-0.4, -0.2) is 46.0 Å². The van der Waals surface area contributed by atoms with E-state index in [-0.39, 0.29) is 0 Å². The molecule has 0 radical (unpaired) electrons. The monoisotopic (exact) mass is 343 g/mol. The molecule has 0 aromatic heterocycles. The van der Waals surface area contributed by atoms with E-state index in [9.17, 15) is 0 Å². The summed E-state index contributed by atoms with van der Waals surface area (Å²) in [5.74, 6) is 0. The Hall–Kier alpha value is 0.830. The fraction of sp³-hybridized carbons (Fsp3) is 1.00. The van der Waals surface area contributed by atoms with Crippen LogP contribution in [0.1, 0.15) is 60.8 Å². The molecule has 0 aromatic rings. The summed E-state index contributed by atoms with van der Waals surface area (Å²) in [6.07, 6.45) is 4.08. The van der Waals surface area contributed by atoms with Gasteiger partial charge in [-0.25, -0.2) is 0 Å². The van der Waals surface area contributed by atoms with Crippen molar-refractivity contribution in [2.45, 2.75) is 72.3 Å². The maximum absolute atomic E-state index is 2.67. The van der Waals surface area contributed by atoms with Crippen molar-refractivity contribution >= 4 is 21.4 Å². The van der Waals surface area contributed by atoms with Gasteiger partial charge in [0.1, 0.15) is 0 Å². The normalized spacial score (nSPS) is 11.8. The van der Waals surface area contributed by atoms with Gasteiger partial charge in [0.25, 0.3) is 0 Å². The van der Waals surface area contributed by atoms with Crippen molar-refractivity contribution < 1.29 is 0 Å². The van der Waals surface area contributed by atoms with Crippen LogP contribution in [0.15, 0.2) is 0 Å². The van der Waals surface area contributed by atoms with Crippen molar-refractivity contribution in [1.29, 1.82) is 0 Å². The summed E-state index contributed by atoms with van der Waals surface area (Å²) < 4.78 is 3.70. The fourth-order valence-electron chi connectivity index (χ4n) is 2.95. The van der Waals surface area contributed by atoms with E-state index in [2.05, 4.69) is 46.4 Å². The van der Waals surface area contributed by atoms with E-state index in [1.807, 2.05) is 0 Å². The molecule has 0 saturated carbocycles. The van der Waals surface area contributed by atoms with Gasteiger partial charge in [-0.3, -0.25) is 0 Å². The van der Waals surface area contributed by atoms with Gasteiger partial charge in [0, 0.05) is 0 Å². The van der Waals surface area contributed by atoms with E-state index in [4.69, 9.17) is 0 Å². The molecule has 0 bridgehead atoms. The Morgan fingerprint density at radius 2 is 1.29 bits per heavy atom. The molecule has 1 nitrogen and oxygen atoms in total. The van der Waals surface area contributed by atoms with Crippen LogP contribution in [0.5, 0.6) is 0 Å². The first-order valence-electron chi connectivity index (χ1n) is 7.75. The van der Waals surface area contributed by atoms with Crippen molar-refractivity contribution in [2.75, 3.05) is 19.6 Å². The average Bonchev–Trinajstić information content (AvgIpc) is 2.23. The molecule has 0 rings (SSSR count). The van der Waals surface area contributed by atoms with Crippen LogP contribution >= 0.6 is 0 Å². The molecule has 0 fully saturated rings. The zero-order valence-electron chi connectivity index (χ0n) is 13.1. The Morgan fingerprint density at radius 1 is 0.824 bits per heavy atom. The molecular weight excluding hydrogens is 309 g/mol. The molecule has 0 aliphatic rings. The average molecular weight is 343 g/mol. The molecule has 2 heteroatoms. The van der Waals surface area contributed by atoms with E-state index in [0.717, 1.165) is 7.35 Å². The molecule has 0 saturated heterocycles. The molecule has 0 aliphatic heterocycles. The van der Waals surface area contributed by atoms with E-state index >= 15 is 0 Å². The van der Waals surface area contributed by atoms with Gasteiger partial charge in [0.05, 0.1) is 0 Å². The molecule has 17 heavy (non-hydrogen) atoms. The molecule has 0 amide bonds. The van der Waals surface area contributed by atoms with E-state index in [0.29, 0.717) is 0 Å². The number of hydrogen-bond acceptors (Lipinski definition) is 1. The second-order valence-electron chi connectivity index (χ2n) is 6.14. The Labute approximate surface area is 118 Å². The van der Waals surface area contributed by atoms with Gasteiger partial charge >= 0.3 is 118 Å². The van der Waals surface area contributed by atoms with Crippen molar-refractivity contribution in [1.82, 2.24) is 4.90 Å². The van der Waals surface area contributed by atoms with E-state index < -0.39 is 21.4 Å². The maximum atomic E-state index is 2.67. The van der Waals surface area contributed by atoms with Gasteiger partial charge in [-0.15, -0.1) is 0 Å². The minimum absolute atomic E-state index is 1.04. The standard InChI is InChI=1S/C9H20N.2C3H7.In/c1-4-7-10(8-5-2)9-6-3;2*1-3-2;/h1,4-9H2,2-3H3;2*3H,1-2H3;. The van der Waals surface area contributed by atoms with Crippen molar-refractivity contribution in [3.05, 3.63) is 0 Å². The topological polar surface area (TPSA) is 3.24 Å². The van der Waals surface area contributed by atoms with Crippen LogP contribution in [0.4, 0.5) is 0 Å². The first kappa shape index (κ1) is 17.8. The SMILES string of the molecule is CCCN(CCC)CC[CH2][In]([CH](C)C)[CH](C)C. The molecule has 0 heterocycles. The van der Waals surface area contributed by atoms with Gasteiger partial charge < -0.3 is 0 Å². The Balaban J connectivity index is 3.91. The third-order valence-corrected chi connectivity index (χ3v) is 16.6. The molecule has 0 atom stereocenters. The molecule has 102 valence electrons. The second-order valence-corrected chi connectivity index (χ2v) is 19.2. The Kier molecular flexibility index (Phi) is 11.2. The predicted molar refractivity (Wildman–Crippen MR) is 82.4 cm³/mol. The number of nitrogens with zero attached hydrogens (tertiary/aromatic N) is 1. The molecule has 0 unspecified atom stereocenters. The zero-order chi connectivity index (χ0) is 13.3. The van der Waals surface area contributed by atoms with E-state index in [1.54, 1.807) is 4.18 Å². The van der Waals surface area contributed by atoms with Crippen LogP contribution in [0, 0.1) is 0 Å². The summed E-state index contributed by atoms with van der Waals surface area (Å²) in [5, 5.41) is 0. The first-order chi connectivity index (χ1) is 8.02. The number of hydrogen-bond donors (Lipinski definition) is 0. The Bertz CT molecular complexity index is 154. The van der Waals surface area contributed by atoms with E-state index in [1.165, 1.54) is 38.9 Å². The summed E-state index contributed by atoms with van der Waals surface area (Å²) >= 11 is -1.23. The summed E-state index contributed by atoms with van der Waals surface area (Å²) in [6, 6.07) is 0. The Morgan fingerprint density at radius 3 is 1.65 bits per heavy atom. The van der Waals surface area contributed by atoms with Crippen LogP contribution in [-0.2, 0) is 0 Å². The van der Waals surface area contributed by atoms with Crippen LogP contribution in [0.2, 0.25) is 11.5 Å². The third kappa shape index (κ3) is 8.53. The quantitative estimate of drug-likeness (QED) is 0.550. The summed E-state index contributed by atoms with van der Waals surface area (Å²) in [6.45, 7) is 18.4. The summed E-state index contributed by atoms with van der Waals surface area (Å²) in [4.78, 5) is 2.67. The molecular formula is C15H34InN. The van der Waals surface area contributed by atoms with Crippen LogP contribution < -0.4 is 0 Å². The van der Waals surface area contributed by atoms with Crippen molar-refractivity contribution in [3.8, 4) is 0 Å². The summed E-state index contributed by atoms with van der Waals surface area (Å²) in [5.41, 5.74) is 0. The van der Waals surface area contributed by atoms with Crippen LogP contribution in [0.25, 0.3) is 0 Å². The van der Waals surface area contributed by atoms with Crippen molar-refractivity contribution in [2.24, 2.45) is 0 Å². The molecule has 0 spiro atoms. The molecule has 0 aromatic carbocycles. The minimum atomic E-state index is -1.23. The van der Waals surface area contributed by atoms with Gasteiger partial charge in [-0.05, 0) is 0 Å². The first-order valence-corrected chi connectivity index (χ1v) is 13.9. The third-order valence-electron chi connectivity index (χ3n) is 3.80. The van der Waals surface area contributed by atoms with Gasteiger partial charge in [0.15, 0.2) is 0 Å². The van der Waals surface area contributed by atoms with Crippen LogP contribution in [0.3, 0.4) is 0 Å². The molecule has 0 N–H and O–H groups in total. The fourth-order valence-corrected chi connectivity index (χ4v) is 13.0. The van der Waals surface area contributed by atoms with Gasteiger partial charge in [-0.2, -0.15) is 0 Å². The summed E-state index contributed by atoms with van der Waals surface area (Å²) in [7, 11) is 0. The predicted octanol–water partition coefficient (Wildman–Crippen LogP) is 4.81.